The summed E-state index contributed by atoms with van der Waals surface area (Å²) in [5, 5.41) is 14.2. The molecule has 0 unspecified atom stereocenters. The molecule has 0 saturated heterocycles. The Morgan fingerprint density at radius 2 is 1.68 bits per heavy atom. The van der Waals surface area contributed by atoms with Crippen molar-refractivity contribution in [3.8, 4) is 22.8 Å². The van der Waals surface area contributed by atoms with Crippen molar-refractivity contribution in [2.45, 2.75) is 73.1 Å². The SMILES string of the molecule is CC(C)c1ccc2cnc3c(c2c1)Oc1cccc2cc[c-]c-3c12.CCC(CC)C(=O)/C=C(\O)C(CC)CC.[Ir]. The number of rotatable bonds is 8. The zero-order valence-corrected chi connectivity index (χ0v) is 26.8. The van der Waals surface area contributed by atoms with Crippen molar-refractivity contribution in [3.05, 3.63) is 78.2 Å². The summed E-state index contributed by atoms with van der Waals surface area (Å²) in [7, 11) is 0. The van der Waals surface area contributed by atoms with E-state index in [0.717, 1.165) is 70.0 Å². The van der Waals surface area contributed by atoms with Crippen LogP contribution in [0.15, 0.2) is 66.6 Å². The van der Waals surface area contributed by atoms with Crippen LogP contribution < -0.4 is 4.74 Å². The van der Waals surface area contributed by atoms with Crippen LogP contribution in [0, 0.1) is 17.9 Å². The largest absolute Gasteiger partial charge is 0.512 e. The van der Waals surface area contributed by atoms with Crippen molar-refractivity contribution >= 4 is 27.3 Å². The molecule has 5 heteroatoms. The van der Waals surface area contributed by atoms with E-state index < -0.39 is 0 Å². The molecular weight excluding hydrogens is 675 g/mol. The second kappa shape index (κ2) is 14.1. The van der Waals surface area contributed by atoms with Gasteiger partial charge in [-0.15, -0.1) is 23.8 Å². The van der Waals surface area contributed by atoms with Crippen LogP contribution in [-0.4, -0.2) is 15.9 Å². The number of aliphatic hydroxyl groups excluding tert-OH is 1. The van der Waals surface area contributed by atoms with Crippen LogP contribution >= 0.6 is 0 Å². The van der Waals surface area contributed by atoms with Gasteiger partial charge < -0.3 is 14.8 Å². The molecule has 1 N–H and O–H groups in total. The number of aromatic nitrogens is 1. The third kappa shape index (κ3) is 6.48. The van der Waals surface area contributed by atoms with Crippen molar-refractivity contribution in [3.63, 3.8) is 0 Å². The van der Waals surface area contributed by atoms with Gasteiger partial charge in [0.15, 0.2) is 5.78 Å². The van der Waals surface area contributed by atoms with Crippen molar-refractivity contribution in [1.82, 2.24) is 4.98 Å². The number of aliphatic hydroxyl groups is 1. The summed E-state index contributed by atoms with van der Waals surface area (Å²) in [4.78, 5) is 16.4. The van der Waals surface area contributed by atoms with Gasteiger partial charge in [-0.05, 0) is 49.3 Å². The average Bonchev–Trinajstić information content (AvgIpc) is 2.94. The third-order valence-electron chi connectivity index (χ3n) is 7.87. The fourth-order valence-corrected chi connectivity index (χ4v) is 5.25. The first-order valence-electron chi connectivity index (χ1n) is 14.3. The Bertz CT molecular complexity index is 1490. The summed E-state index contributed by atoms with van der Waals surface area (Å²) in [5.74, 6) is 2.75. The van der Waals surface area contributed by atoms with Gasteiger partial charge >= 0.3 is 0 Å². The second-order valence-electron chi connectivity index (χ2n) is 10.6. The quantitative estimate of drug-likeness (QED) is 0.0988. The number of nitrogens with zero attached hydrogens (tertiary/aromatic N) is 1. The maximum absolute atomic E-state index is 11.7. The summed E-state index contributed by atoms with van der Waals surface area (Å²) >= 11 is 0. The van der Waals surface area contributed by atoms with E-state index in [1.165, 1.54) is 11.6 Å². The van der Waals surface area contributed by atoms with E-state index >= 15 is 0 Å². The number of hydrogen-bond donors (Lipinski definition) is 1. The molecule has 0 spiro atoms. The Kier molecular flexibility index (Phi) is 11.1. The zero-order valence-electron chi connectivity index (χ0n) is 24.4. The van der Waals surface area contributed by atoms with Crippen molar-refractivity contribution in [1.29, 1.82) is 0 Å². The van der Waals surface area contributed by atoms with Crippen LogP contribution in [0.1, 0.15) is 78.7 Å². The molecule has 1 aromatic heterocycles. The molecule has 0 fully saturated rings. The van der Waals surface area contributed by atoms with Crippen molar-refractivity contribution in [2.75, 3.05) is 0 Å². The van der Waals surface area contributed by atoms with E-state index in [1.807, 2.05) is 52.1 Å². The number of ether oxygens (including phenoxy) is 1. The van der Waals surface area contributed by atoms with Gasteiger partial charge in [0.1, 0.15) is 5.75 Å². The zero-order chi connectivity index (χ0) is 28.1. The number of fused-ring (bicyclic) bond motifs is 4. The summed E-state index contributed by atoms with van der Waals surface area (Å²) < 4.78 is 6.32. The molecular formula is C35H40IrNO3-. The molecule has 0 bridgehead atoms. The monoisotopic (exact) mass is 715 g/mol. The Morgan fingerprint density at radius 1 is 0.975 bits per heavy atom. The van der Waals surface area contributed by atoms with E-state index in [1.54, 1.807) is 0 Å². The number of ketones is 1. The Labute approximate surface area is 252 Å². The fraction of sp³-hybridized carbons (Fsp3) is 0.371. The van der Waals surface area contributed by atoms with Gasteiger partial charge in [-0.3, -0.25) is 4.79 Å². The summed E-state index contributed by atoms with van der Waals surface area (Å²) in [6.45, 7) is 12.5. The molecule has 5 rings (SSSR count). The van der Waals surface area contributed by atoms with Gasteiger partial charge in [-0.1, -0.05) is 76.6 Å². The molecule has 0 aliphatic carbocycles. The minimum absolute atomic E-state index is 0. The van der Waals surface area contributed by atoms with E-state index in [2.05, 4.69) is 55.2 Å². The van der Waals surface area contributed by atoms with E-state index in [0.29, 0.717) is 5.92 Å². The number of hydrogen-bond acceptors (Lipinski definition) is 4. The molecule has 1 aliphatic rings. The molecule has 2 heterocycles. The van der Waals surface area contributed by atoms with Gasteiger partial charge in [0, 0.05) is 60.7 Å². The molecule has 0 atom stereocenters. The number of allylic oxidation sites excluding steroid dienone is 2. The van der Waals surface area contributed by atoms with Crippen LogP contribution in [0.25, 0.3) is 32.8 Å². The molecule has 1 aliphatic heterocycles. The Hall–Kier alpha value is -3.01. The minimum atomic E-state index is 0. The first-order chi connectivity index (χ1) is 18.8. The molecule has 40 heavy (non-hydrogen) atoms. The maximum Gasteiger partial charge on any atom is 0.162 e. The van der Waals surface area contributed by atoms with Gasteiger partial charge in [0.2, 0.25) is 0 Å². The molecule has 3 aromatic carbocycles. The second-order valence-corrected chi connectivity index (χ2v) is 10.6. The maximum atomic E-state index is 11.7. The normalized spacial score (nSPS) is 12.2. The van der Waals surface area contributed by atoms with E-state index in [9.17, 15) is 9.90 Å². The molecule has 0 saturated carbocycles. The number of pyridine rings is 1. The van der Waals surface area contributed by atoms with Gasteiger partial charge in [0.25, 0.3) is 0 Å². The first-order valence-corrected chi connectivity index (χ1v) is 14.3. The first kappa shape index (κ1) is 31.5. The molecule has 1 radical (unpaired) electrons. The standard InChI is InChI=1S/C22H16NO.C13H24O2.Ir/c1-13(2)15-9-10-16-12-23-21-17-7-3-5-14-6-4-8-19(20(14)17)24-22(21)18(16)11-15;1-5-10(6-2)12(14)9-13(15)11(7-3)8-4;/h3-6,8-13H,1-2H3;9-11,14H,5-8H2,1-4H3;/q-1;;/b;12-9-;. The summed E-state index contributed by atoms with van der Waals surface area (Å²) in [5.41, 5.74) is 3.22. The molecule has 4 nitrogen and oxygen atoms in total. The molecule has 213 valence electrons. The van der Waals surface area contributed by atoms with Crippen LogP contribution in [0.5, 0.6) is 11.5 Å². The number of carbonyl (C=O) groups excluding carboxylic acids is 1. The predicted octanol–water partition coefficient (Wildman–Crippen LogP) is 9.95. The van der Waals surface area contributed by atoms with E-state index in [-0.39, 0.29) is 43.5 Å². The minimum Gasteiger partial charge on any atom is -0.512 e. The predicted molar refractivity (Wildman–Crippen MR) is 162 cm³/mol. The van der Waals surface area contributed by atoms with Gasteiger partial charge in [-0.2, -0.15) is 0 Å². The van der Waals surface area contributed by atoms with Gasteiger partial charge in [0.05, 0.1) is 11.5 Å². The Balaban J connectivity index is 0.000000243. The number of carbonyl (C=O) groups is 1. The van der Waals surface area contributed by atoms with Crippen LogP contribution in [0.2, 0.25) is 0 Å². The Morgan fingerprint density at radius 3 is 2.33 bits per heavy atom. The van der Waals surface area contributed by atoms with E-state index in [4.69, 9.17) is 4.74 Å². The summed E-state index contributed by atoms with van der Waals surface area (Å²) in [6.07, 6.45) is 6.84. The van der Waals surface area contributed by atoms with Crippen LogP contribution in [0.3, 0.4) is 0 Å². The fourth-order valence-electron chi connectivity index (χ4n) is 5.25. The van der Waals surface area contributed by atoms with Crippen LogP contribution in [-0.2, 0) is 24.9 Å². The smallest absolute Gasteiger partial charge is 0.162 e. The average molecular weight is 715 g/mol. The molecule has 0 amide bonds. The third-order valence-corrected chi connectivity index (χ3v) is 7.87. The van der Waals surface area contributed by atoms with Crippen LogP contribution in [0.4, 0.5) is 0 Å². The molecule has 4 aromatic rings. The van der Waals surface area contributed by atoms with Gasteiger partial charge in [-0.25, -0.2) is 0 Å². The van der Waals surface area contributed by atoms with Crippen molar-refractivity contribution < 1.29 is 34.7 Å². The number of benzene rings is 3. The summed E-state index contributed by atoms with van der Waals surface area (Å²) in [6, 6.07) is 20.1. The topological polar surface area (TPSA) is 59.4 Å². The van der Waals surface area contributed by atoms with Crippen molar-refractivity contribution in [2.24, 2.45) is 11.8 Å².